The molecule has 2 aromatic rings. The van der Waals surface area contributed by atoms with Crippen LogP contribution in [0, 0.1) is 6.92 Å². The van der Waals surface area contributed by atoms with E-state index in [4.69, 9.17) is 4.74 Å². The van der Waals surface area contributed by atoms with Crippen LogP contribution in [0.1, 0.15) is 17.0 Å². The summed E-state index contributed by atoms with van der Waals surface area (Å²) in [5.41, 5.74) is 3.47. The highest BCUT2D eigenvalue weighted by molar-refractivity contribution is 5.27. The van der Waals surface area contributed by atoms with Gasteiger partial charge in [0.2, 0.25) is 0 Å². The predicted octanol–water partition coefficient (Wildman–Crippen LogP) is 2.73. The zero-order valence-electron chi connectivity index (χ0n) is 11.5. The monoisotopic (exact) mass is 256 g/mol. The van der Waals surface area contributed by atoms with Gasteiger partial charge in [0.05, 0.1) is 12.8 Å². The Hall–Kier alpha value is -1.87. The number of hydrogen-bond acceptors (Lipinski definition) is 3. The number of pyridine rings is 1. The van der Waals surface area contributed by atoms with Crippen molar-refractivity contribution in [1.29, 1.82) is 0 Å². The Kier molecular flexibility index (Phi) is 4.93. The van der Waals surface area contributed by atoms with Gasteiger partial charge in [-0.3, -0.25) is 4.98 Å². The molecule has 0 spiro atoms. The molecule has 0 aliphatic heterocycles. The first-order valence-electron chi connectivity index (χ1n) is 6.54. The fourth-order valence-corrected chi connectivity index (χ4v) is 1.94. The van der Waals surface area contributed by atoms with Gasteiger partial charge in [0.15, 0.2) is 0 Å². The van der Waals surface area contributed by atoms with Gasteiger partial charge in [-0.05, 0) is 49.7 Å². The fourth-order valence-electron chi connectivity index (χ4n) is 1.94. The molecule has 0 amide bonds. The Bertz CT molecular complexity index is 508. The van der Waals surface area contributed by atoms with E-state index in [-0.39, 0.29) is 0 Å². The summed E-state index contributed by atoms with van der Waals surface area (Å²) >= 11 is 0. The average Bonchev–Trinajstić information content (AvgIpc) is 2.44. The van der Waals surface area contributed by atoms with E-state index in [0.29, 0.717) is 0 Å². The molecule has 3 nitrogen and oxygen atoms in total. The Balaban J connectivity index is 1.74. The number of hydrogen-bond donors (Lipinski definition) is 1. The lowest BCUT2D eigenvalue weighted by atomic mass is 10.1. The van der Waals surface area contributed by atoms with E-state index in [9.17, 15) is 0 Å². The Morgan fingerprint density at radius 2 is 1.89 bits per heavy atom. The zero-order chi connectivity index (χ0) is 13.5. The molecule has 2 rings (SSSR count). The maximum Gasteiger partial charge on any atom is 0.118 e. The van der Waals surface area contributed by atoms with Crippen molar-refractivity contribution in [2.45, 2.75) is 19.9 Å². The minimum Gasteiger partial charge on any atom is -0.497 e. The van der Waals surface area contributed by atoms with Crippen LogP contribution < -0.4 is 10.1 Å². The van der Waals surface area contributed by atoms with Crippen LogP contribution in [-0.4, -0.2) is 18.6 Å². The van der Waals surface area contributed by atoms with Crippen molar-refractivity contribution >= 4 is 0 Å². The van der Waals surface area contributed by atoms with Gasteiger partial charge >= 0.3 is 0 Å². The van der Waals surface area contributed by atoms with Crippen LogP contribution in [0.25, 0.3) is 0 Å². The molecule has 3 heteroatoms. The molecule has 100 valence electrons. The molecule has 0 aliphatic rings. The van der Waals surface area contributed by atoms with Crippen LogP contribution in [0.5, 0.6) is 5.75 Å². The van der Waals surface area contributed by atoms with Gasteiger partial charge < -0.3 is 10.1 Å². The highest BCUT2D eigenvalue weighted by atomic mass is 16.5. The predicted molar refractivity (Wildman–Crippen MR) is 77.4 cm³/mol. The van der Waals surface area contributed by atoms with Crippen LogP contribution in [0.2, 0.25) is 0 Å². The molecule has 0 saturated heterocycles. The largest absolute Gasteiger partial charge is 0.497 e. The second-order valence-corrected chi connectivity index (χ2v) is 4.55. The second-order valence-electron chi connectivity index (χ2n) is 4.55. The summed E-state index contributed by atoms with van der Waals surface area (Å²) in [7, 11) is 1.69. The number of ether oxygens (including phenoxy) is 1. The minimum atomic E-state index is 0.817. The molecule has 0 atom stereocenters. The van der Waals surface area contributed by atoms with Crippen LogP contribution in [0.15, 0.2) is 42.5 Å². The maximum absolute atomic E-state index is 5.14. The number of nitrogens with one attached hydrogen (secondary N) is 1. The molecule has 0 unspecified atom stereocenters. The number of benzene rings is 1. The van der Waals surface area contributed by atoms with Gasteiger partial charge in [-0.2, -0.15) is 0 Å². The standard InChI is InChI=1S/C16H20N2O/c1-13-4-3-5-15(18-13)12-17-11-10-14-6-8-16(19-2)9-7-14/h3-9,17H,10-12H2,1-2H3. The summed E-state index contributed by atoms with van der Waals surface area (Å²) in [6.45, 7) is 3.78. The third-order valence-electron chi connectivity index (χ3n) is 3.00. The van der Waals surface area contributed by atoms with E-state index in [2.05, 4.69) is 22.4 Å². The highest BCUT2D eigenvalue weighted by Crippen LogP contribution is 2.11. The molecule has 0 bridgehead atoms. The maximum atomic E-state index is 5.14. The van der Waals surface area contributed by atoms with E-state index in [1.807, 2.05) is 37.3 Å². The first-order chi connectivity index (χ1) is 9.28. The molecule has 0 radical (unpaired) electrons. The molecule has 0 aliphatic carbocycles. The van der Waals surface area contributed by atoms with Gasteiger partial charge in [0, 0.05) is 12.2 Å². The summed E-state index contributed by atoms with van der Waals surface area (Å²) in [5.74, 6) is 0.903. The van der Waals surface area contributed by atoms with Gasteiger partial charge in [0.25, 0.3) is 0 Å². The first kappa shape index (κ1) is 13.6. The van der Waals surface area contributed by atoms with Crippen molar-refractivity contribution < 1.29 is 4.74 Å². The van der Waals surface area contributed by atoms with Crippen molar-refractivity contribution in [1.82, 2.24) is 10.3 Å². The lowest BCUT2D eigenvalue weighted by Gasteiger charge is -2.06. The zero-order valence-corrected chi connectivity index (χ0v) is 11.5. The van der Waals surface area contributed by atoms with Crippen LogP contribution in [0.3, 0.4) is 0 Å². The van der Waals surface area contributed by atoms with Crippen LogP contribution in [-0.2, 0) is 13.0 Å². The Morgan fingerprint density at radius 3 is 2.58 bits per heavy atom. The first-order valence-corrected chi connectivity index (χ1v) is 6.54. The highest BCUT2D eigenvalue weighted by Gasteiger charge is 1.97. The van der Waals surface area contributed by atoms with Crippen molar-refractivity contribution in [3.05, 3.63) is 59.4 Å². The Labute approximate surface area is 114 Å². The summed E-state index contributed by atoms with van der Waals surface area (Å²) < 4.78 is 5.14. The summed E-state index contributed by atoms with van der Waals surface area (Å²) in [4.78, 5) is 4.46. The molecule has 19 heavy (non-hydrogen) atoms. The van der Waals surface area contributed by atoms with Crippen molar-refractivity contribution in [3.8, 4) is 5.75 Å². The topological polar surface area (TPSA) is 34.1 Å². The molecular formula is C16H20N2O. The number of aryl methyl sites for hydroxylation is 1. The summed E-state index contributed by atoms with van der Waals surface area (Å²) in [5, 5.41) is 3.41. The lowest BCUT2D eigenvalue weighted by molar-refractivity contribution is 0.414. The number of nitrogens with zero attached hydrogens (tertiary/aromatic N) is 1. The fraction of sp³-hybridized carbons (Fsp3) is 0.312. The Morgan fingerprint density at radius 1 is 1.11 bits per heavy atom. The molecule has 1 aromatic heterocycles. The molecule has 1 aromatic carbocycles. The van der Waals surface area contributed by atoms with E-state index in [1.54, 1.807) is 7.11 Å². The summed E-state index contributed by atoms with van der Waals surface area (Å²) in [6, 6.07) is 14.3. The number of aromatic nitrogens is 1. The second kappa shape index (κ2) is 6.90. The van der Waals surface area contributed by atoms with Crippen molar-refractivity contribution in [2.24, 2.45) is 0 Å². The van der Waals surface area contributed by atoms with E-state index in [0.717, 1.165) is 36.6 Å². The molecular weight excluding hydrogens is 236 g/mol. The van der Waals surface area contributed by atoms with Gasteiger partial charge in [-0.15, -0.1) is 0 Å². The normalized spacial score (nSPS) is 10.4. The molecule has 0 saturated carbocycles. The van der Waals surface area contributed by atoms with E-state index < -0.39 is 0 Å². The minimum absolute atomic E-state index is 0.817. The molecule has 1 N–H and O–H groups in total. The van der Waals surface area contributed by atoms with Crippen LogP contribution in [0.4, 0.5) is 0 Å². The van der Waals surface area contributed by atoms with Gasteiger partial charge in [-0.1, -0.05) is 18.2 Å². The van der Waals surface area contributed by atoms with Gasteiger partial charge in [-0.25, -0.2) is 0 Å². The van der Waals surface area contributed by atoms with E-state index >= 15 is 0 Å². The van der Waals surface area contributed by atoms with Crippen LogP contribution >= 0.6 is 0 Å². The lowest BCUT2D eigenvalue weighted by Crippen LogP contribution is -2.17. The number of rotatable bonds is 6. The molecule has 0 fully saturated rings. The van der Waals surface area contributed by atoms with Gasteiger partial charge in [0.1, 0.15) is 5.75 Å². The number of methoxy groups -OCH3 is 1. The SMILES string of the molecule is COc1ccc(CCNCc2cccc(C)n2)cc1. The third-order valence-corrected chi connectivity index (χ3v) is 3.00. The van der Waals surface area contributed by atoms with Crippen molar-refractivity contribution in [2.75, 3.05) is 13.7 Å². The van der Waals surface area contributed by atoms with Crippen molar-refractivity contribution in [3.63, 3.8) is 0 Å². The molecule has 1 heterocycles. The quantitative estimate of drug-likeness (QED) is 0.807. The summed E-state index contributed by atoms with van der Waals surface area (Å²) in [6.07, 6.45) is 1.01. The van der Waals surface area contributed by atoms with E-state index in [1.165, 1.54) is 5.56 Å². The smallest absolute Gasteiger partial charge is 0.118 e. The average molecular weight is 256 g/mol. The third kappa shape index (κ3) is 4.38.